The fourth-order valence-corrected chi connectivity index (χ4v) is 4.74. The van der Waals surface area contributed by atoms with E-state index in [1.807, 2.05) is 42.2 Å². The van der Waals surface area contributed by atoms with Crippen LogP contribution in [-0.4, -0.2) is 54.5 Å². The Morgan fingerprint density at radius 1 is 1.26 bits per heavy atom. The summed E-state index contributed by atoms with van der Waals surface area (Å²) in [6, 6.07) is 11.4. The van der Waals surface area contributed by atoms with E-state index in [-0.39, 0.29) is 24.5 Å². The molecule has 168 valence electrons. The van der Waals surface area contributed by atoms with Gasteiger partial charge < -0.3 is 19.9 Å². The van der Waals surface area contributed by atoms with E-state index < -0.39 is 0 Å². The molecule has 2 heterocycles. The van der Waals surface area contributed by atoms with Gasteiger partial charge in [0.2, 0.25) is 5.91 Å². The van der Waals surface area contributed by atoms with Crippen LogP contribution in [0.15, 0.2) is 41.8 Å². The van der Waals surface area contributed by atoms with Crippen molar-refractivity contribution in [3.05, 3.63) is 52.2 Å². The van der Waals surface area contributed by atoms with Gasteiger partial charge in [0, 0.05) is 24.5 Å². The molecule has 1 aliphatic rings. The first kappa shape index (κ1) is 23.1. The van der Waals surface area contributed by atoms with Gasteiger partial charge in [-0.15, -0.1) is 11.3 Å². The molecule has 1 aromatic heterocycles. The van der Waals surface area contributed by atoms with Gasteiger partial charge >= 0.3 is 6.03 Å². The minimum atomic E-state index is -0.179. The number of fused-ring (bicyclic) bond motifs is 1. The second-order valence-corrected chi connectivity index (χ2v) is 9.01. The molecule has 0 bridgehead atoms. The lowest BCUT2D eigenvalue weighted by atomic mass is 10.00. The third-order valence-corrected chi connectivity index (χ3v) is 6.73. The number of carbonyl (C=O) groups is 2. The van der Waals surface area contributed by atoms with E-state index in [1.54, 1.807) is 16.2 Å². The van der Waals surface area contributed by atoms with Crippen LogP contribution in [0.5, 0.6) is 5.75 Å². The highest BCUT2D eigenvalue weighted by atomic mass is 32.1. The second-order valence-electron chi connectivity index (χ2n) is 8.01. The fourth-order valence-electron chi connectivity index (χ4n) is 3.81. The van der Waals surface area contributed by atoms with Gasteiger partial charge in [0.05, 0.1) is 6.04 Å². The molecule has 0 aliphatic carbocycles. The van der Waals surface area contributed by atoms with Gasteiger partial charge in [-0.25, -0.2) is 4.79 Å². The smallest absolute Gasteiger partial charge is 0.317 e. The van der Waals surface area contributed by atoms with Crippen LogP contribution in [0.4, 0.5) is 4.79 Å². The number of ether oxygens (including phenoxy) is 1. The highest BCUT2D eigenvalue weighted by Gasteiger charge is 2.33. The van der Waals surface area contributed by atoms with Gasteiger partial charge in [-0.2, -0.15) is 0 Å². The number of amides is 3. The van der Waals surface area contributed by atoms with E-state index in [4.69, 9.17) is 4.74 Å². The zero-order valence-corrected chi connectivity index (χ0v) is 19.5. The molecule has 0 saturated carbocycles. The first-order valence-corrected chi connectivity index (χ1v) is 12.0. The third kappa shape index (κ3) is 6.00. The Labute approximate surface area is 189 Å². The number of nitrogens with zero attached hydrogens (tertiary/aromatic N) is 2. The van der Waals surface area contributed by atoms with Crippen molar-refractivity contribution in [1.82, 2.24) is 15.1 Å². The van der Waals surface area contributed by atoms with Crippen molar-refractivity contribution >= 4 is 23.3 Å². The quantitative estimate of drug-likeness (QED) is 0.627. The molecule has 31 heavy (non-hydrogen) atoms. The molecule has 0 radical (unpaired) electrons. The van der Waals surface area contributed by atoms with E-state index in [0.717, 1.165) is 24.2 Å². The molecule has 0 saturated heterocycles. The lowest BCUT2D eigenvalue weighted by Gasteiger charge is -2.37. The summed E-state index contributed by atoms with van der Waals surface area (Å²) in [5.74, 6) is 1.09. The Morgan fingerprint density at radius 3 is 2.74 bits per heavy atom. The van der Waals surface area contributed by atoms with Crippen molar-refractivity contribution < 1.29 is 14.3 Å². The zero-order chi connectivity index (χ0) is 22.2. The van der Waals surface area contributed by atoms with Crippen LogP contribution in [0.25, 0.3) is 0 Å². The van der Waals surface area contributed by atoms with Crippen molar-refractivity contribution in [1.29, 1.82) is 0 Å². The molecule has 3 rings (SSSR count). The summed E-state index contributed by atoms with van der Waals surface area (Å²) < 4.78 is 6.04. The van der Waals surface area contributed by atoms with Crippen LogP contribution in [0.1, 0.15) is 43.7 Å². The molecule has 0 fully saturated rings. The van der Waals surface area contributed by atoms with Crippen LogP contribution in [0, 0.1) is 5.92 Å². The van der Waals surface area contributed by atoms with Crippen molar-refractivity contribution in [3.8, 4) is 5.75 Å². The highest BCUT2D eigenvalue weighted by Crippen LogP contribution is 2.34. The topological polar surface area (TPSA) is 61.9 Å². The fraction of sp³-hybridized carbons (Fsp3) is 0.500. The number of carbonyl (C=O) groups excluding carboxylic acids is 2. The summed E-state index contributed by atoms with van der Waals surface area (Å²) in [7, 11) is 0. The van der Waals surface area contributed by atoms with Crippen molar-refractivity contribution in [3.63, 3.8) is 0 Å². The maximum Gasteiger partial charge on any atom is 0.317 e. The summed E-state index contributed by atoms with van der Waals surface area (Å²) in [6.07, 6.45) is 1.80. The summed E-state index contributed by atoms with van der Waals surface area (Å²) in [6.45, 7) is 8.32. The minimum Gasteiger partial charge on any atom is -0.491 e. The average Bonchev–Trinajstić information content (AvgIpc) is 3.26. The van der Waals surface area contributed by atoms with Crippen molar-refractivity contribution in [2.45, 2.75) is 39.7 Å². The highest BCUT2D eigenvalue weighted by molar-refractivity contribution is 7.10. The zero-order valence-electron chi connectivity index (χ0n) is 18.7. The SMILES string of the molecule is CCNC(=O)N(CC(=O)N1CCc2sccc2[C@H]1COc1ccccc1)C[C@H](C)CC. The predicted octanol–water partition coefficient (Wildman–Crippen LogP) is 4.33. The lowest BCUT2D eigenvalue weighted by molar-refractivity contribution is -0.135. The van der Waals surface area contributed by atoms with E-state index >= 15 is 0 Å². The van der Waals surface area contributed by atoms with Gasteiger partial charge in [-0.3, -0.25) is 4.79 Å². The first-order valence-electron chi connectivity index (χ1n) is 11.1. The van der Waals surface area contributed by atoms with Crippen LogP contribution in [0.3, 0.4) is 0 Å². The number of thiophene rings is 1. The van der Waals surface area contributed by atoms with E-state index in [1.165, 1.54) is 4.88 Å². The molecule has 0 spiro atoms. The van der Waals surface area contributed by atoms with Crippen LogP contribution in [0.2, 0.25) is 0 Å². The Morgan fingerprint density at radius 2 is 2.03 bits per heavy atom. The summed E-state index contributed by atoms with van der Waals surface area (Å²) in [5, 5.41) is 4.93. The molecule has 1 aromatic carbocycles. The Balaban J connectivity index is 1.75. The summed E-state index contributed by atoms with van der Waals surface area (Å²) >= 11 is 1.73. The first-order chi connectivity index (χ1) is 15.0. The van der Waals surface area contributed by atoms with E-state index in [0.29, 0.717) is 32.2 Å². The van der Waals surface area contributed by atoms with Crippen molar-refractivity contribution in [2.24, 2.45) is 5.92 Å². The number of hydrogen-bond donors (Lipinski definition) is 1. The molecular weight excluding hydrogens is 410 g/mol. The minimum absolute atomic E-state index is 0.0342. The summed E-state index contributed by atoms with van der Waals surface area (Å²) in [4.78, 5) is 30.8. The maximum atomic E-state index is 13.4. The Hall–Kier alpha value is -2.54. The number of benzene rings is 1. The molecule has 3 amide bonds. The molecule has 2 atom stereocenters. The average molecular weight is 444 g/mol. The largest absolute Gasteiger partial charge is 0.491 e. The van der Waals surface area contributed by atoms with Crippen LogP contribution >= 0.6 is 11.3 Å². The number of urea groups is 1. The number of nitrogens with one attached hydrogen (secondary N) is 1. The van der Waals surface area contributed by atoms with Crippen LogP contribution < -0.4 is 10.1 Å². The number of hydrogen-bond acceptors (Lipinski definition) is 4. The standard InChI is InChI=1S/C24H33N3O3S/c1-4-18(3)15-26(24(29)25-5-2)16-23(28)27-13-11-22-20(12-14-31-22)21(27)17-30-19-9-7-6-8-10-19/h6-10,12,14,18,21H,4-5,11,13,15-17H2,1-3H3,(H,25,29)/t18-,21-/m1/s1. The molecule has 1 N–H and O–H groups in total. The predicted molar refractivity (Wildman–Crippen MR) is 125 cm³/mol. The molecule has 0 unspecified atom stereocenters. The van der Waals surface area contributed by atoms with Crippen LogP contribution in [-0.2, 0) is 11.2 Å². The van der Waals surface area contributed by atoms with Gasteiger partial charge in [0.25, 0.3) is 0 Å². The molecule has 6 nitrogen and oxygen atoms in total. The third-order valence-electron chi connectivity index (χ3n) is 5.74. The van der Waals surface area contributed by atoms with Gasteiger partial charge in [-0.05, 0) is 48.4 Å². The van der Waals surface area contributed by atoms with Crippen molar-refractivity contribution in [2.75, 3.05) is 32.8 Å². The monoisotopic (exact) mass is 443 g/mol. The van der Waals surface area contributed by atoms with E-state index in [9.17, 15) is 9.59 Å². The normalized spacial score (nSPS) is 16.4. The van der Waals surface area contributed by atoms with Gasteiger partial charge in [0.1, 0.15) is 18.9 Å². The molecule has 2 aromatic rings. The van der Waals surface area contributed by atoms with Gasteiger partial charge in [-0.1, -0.05) is 38.5 Å². The maximum absolute atomic E-state index is 13.4. The Kier molecular flexibility index (Phi) is 8.35. The lowest BCUT2D eigenvalue weighted by Crippen LogP contribution is -2.50. The molecular formula is C24H33N3O3S. The number of rotatable bonds is 9. The Bertz CT molecular complexity index is 855. The number of para-hydroxylation sites is 1. The second kappa shape index (κ2) is 11.2. The van der Waals surface area contributed by atoms with Gasteiger partial charge in [0.15, 0.2) is 0 Å². The molecule has 1 aliphatic heterocycles. The molecule has 7 heteroatoms. The van der Waals surface area contributed by atoms with E-state index in [2.05, 4.69) is 30.6 Å². The summed E-state index contributed by atoms with van der Waals surface area (Å²) in [5.41, 5.74) is 1.16.